The van der Waals surface area contributed by atoms with E-state index in [1.807, 2.05) is 29.6 Å². The molecular formula is C17H22N4OS. The van der Waals surface area contributed by atoms with Gasteiger partial charge in [0.05, 0.1) is 10.8 Å². The first-order valence-corrected chi connectivity index (χ1v) is 9.06. The summed E-state index contributed by atoms with van der Waals surface area (Å²) in [5.74, 6) is 1.08. The van der Waals surface area contributed by atoms with Gasteiger partial charge in [-0.05, 0) is 42.8 Å². The summed E-state index contributed by atoms with van der Waals surface area (Å²) in [5, 5.41) is 13.7. The summed E-state index contributed by atoms with van der Waals surface area (Å²) < 4.78 is 0. The van der Waals surface area contributed by atoms with Gasteiger partial charge >= 0.3 is 0 Å². The fourth-order valence-electron chi connectivity index (χ4n) is 2.84. The van der Waals surface area contributed by atoms with E-state index >= 15 is 0 Å². The van der Waals surface area contributed by atoms with Crippen LogP contribution in [0.15, 0.2) is 29.6 Å². The number of hydrogen-bond donors (Lipinski definition) is 1. The van der Waals surface area contributed by atoms with Gasteiger partial charge in [0.15, 0.2) is 5.82 Å². The average Bonchev–Trinajstić information content (AvgIpc) is 3.14. The van der Waals surface area contributed by atoms with Crippen molar-refractivity contribution >= 4 is 23.1 Å². The minimum absolute atomic E-state index is 0.0501. The molecule has 0 aromatic carbocycles. The molecule has 1 N–H and O–H groups in total. The molecule has 3 heterocycles. The number of nitrogens with zero attached hydrogens (tertiary/aromatic N) is 3. The topological polar surface area (TPSA) is 58.1 Å². The molecule has 6 heteroatoms. The van der Waals surface area contributed by atoms with E-state index in [9.17, 15) is 4.79 Å². The molecule has 0 spiro atoms. The lowest BCUT2D eigenvalue weighted by atomic mass is 9.97. The minimum Gasteiger partial charge on any atom is -0.356 e. The number of hydrogen-bond acceptors (Lipinski definition) is 5. The standard InChI is InChI=1S/C17H22N4OS/c1-2-9-18-17(22)13-5-3-10-21(12-13)16-8-7-14(19-20-16)15-6-4-11-23-15/h4,6-8,11,13H,2-3,5,9-10,12H2,1H3,(H,18,22). The van der Waals surface area contributed by atoms with Crippen LogP contribution in [0, 0.1) is 5.92 Å². The van der Waals surface area contributed by atoms with E-state index in [-0.39, 0.29) is 11.8 Å². The number of piperidine rings is 1. The summed E-state index contributed by atoms with van der Waals surface area (Å²) in [7, 11) is 0. The molecule has 1 aliphatic rings. The third-order valence-electron chi connectivity index (χ3n) is 4.09. The van der Waals surface area contributed by atoms with Gasteiger partial charge in [-0.1, -0.05) is 13.0 Å². The molecule has 0 bridgehead atoms. The largest absolute Gasteiger partial charge is 0.356 e. The monoisotopic (exact) mass is 330 g/mol. The summed E-state index contributed by atoms with van der Waals surface area (Å²) in [6, 6.07) is 8.08. The second-order valence-electron chi connectivity index (χ2n) is 5.83. The molecule has 0 saturated carbocycles. The van der Waals surface area contributed by atoms with Gasteiger partial charge in [-0.15, -0.1) is 21.5 Å². The highest BCUT2D eigenvalue weighted by atomic mass is 32.1. The minimum atomic E-state index is 0.0501. The first-order chi connectivity index (χ1) is 11.3. The molecule has 3 rings (SSSR count). The molecule has 2 aromatic rings. The molecule has 1 atom stereocenters. The highest BCUT2D eigenvalue weighted by molar-refractivity contribution is 7.13. The van der Waals surface area contributed by atoms with Crippen LogP contribution in [0.25, 0.3) is 10.6 Å². The molecule has 0 aliphatic carbocycles. The molecule has 1 aliphatic heterocycles. The van der Waals surface area contributed by atoms with E-state index in [1.54, 1.807) is 11.3 Å². The Kier molecular flexibility index (Phi) is 5.23. The van der Waals surface area contributed by atoms with Crippen molar-refractivity contribution in [3.8, 4) is 10.6 Å². The molecule has 0 radical (unpaired) electrons. The number of carbonyl (C=O) groups is 1. The first-order valence-electron chi connectivity index (χ1n) is 8.18. The number of aromatic nitrogens is 2. The Balaban J connectivity index is 1.65. The van der Waals surface area contributed by atoms with E-state index in [4.69, 9.17) is 0 Å². The predicted octanol–water partition coefficient (Wildman–Crippen LogP) is 2.95. The summed E-state index contributed by atoms with van der Waals surface area (Å²) >= 11 is 1.66. The Hall–Kier alpha value is -1.95. The second-order valence-corrected chi connectivity index (χ2v) is 6.78. The molecule has 1 unspecified atom stereocenters. The summed E-state index contributed by atoms with van der Waals surface area (Å²) in [6.45, 7) is 4.48. The Morgan fingerprint density at radius 2 is 2.30 bits per heavy atom. The van der Waals surface area contributed by atoms with Crippen molar-refractivity contribution in [1.82, 2.24) is 15.5 Å². The van der Waals surface area contributed by atoms with Crippen LogP contribution in [0.1, 0.15) is 26.2 Å². The Labute approximate surface area is 140 Å². The van der Waals surface area contributed by atoms with Crippen LogP contribution in [-0.4, -0.2) is 35.7 Å². The molecular weight excluding hydrogens is 308 g/mol. The van der Waals surface area contributed by atoms with E-state index in [0.29, 0.717) is 0 Å². The Morgan fingerprint density at radius 1 is 1.39 bits per heavy atom. The van der Waals surface area contributed by atoms with Gasteiger partial charge in [0.1, 0.15) is 5.69 Å². The SMILES string of the molecule is CCCNC(=O)C1CCCN(c2ccc(-c3cccs3)nn2)C1. The molecule has 5 nitrogen and oxygen atoms in total. The van der Waals surface area contributed by atoms with Crippen molar-refractivity contribution < 1.29 is 4.79 Å². The van der Waals surface area contributed by atoms with Crippen LogP contribution >= 0.6 is 11.3 Å². The number of anilines is 1. The van der Waals surface area contributed by atoms with Crippen LogP contribution in [-0.2, 0) is 4.79 Å². The van der Waals surface area contributed by atoms with E-state index < -0.39 is 0 Å². The lowest BCUT2D eigenvalue weighted by molar-refractivity contribution is -0.125. The highest BCUT2D eigenvalue weighted by Gasteiger charge is 2.26. The van der Waals surface area contributed by atoms with Crippen molar-refractivity contribution in [2.24, 2.45) is 5.92 Å². The molecule has 23 heavy (non-hydrogen) atoms. The Morgan fingerprint density at radius 3 is 3.00 bits per heavy atom. The fraction of sp³-hybridized carbons (Fsp3) is 0.471. The molecule has 1 saturated heterocycles. The van der Waals surface area contributed by atoms with Crippen molar-refractivity contribution in [1.29, 1.82) is 0 Å². The molecule has 2 aromatic heterocycles. The molecule has 1 fully saturated rings. The number of carbonyl (C=O) groups excluding carboxylic acids is 1. The van der Waals surface area contributed by atoms with Crippen LogP contribution in [0.2, 0.25) is 0 Å². The van der Waals surface area contributed by atoms with Gasteiger partial charge in [0.2, 0.25) is 5.91 Å². The van der Waals surface area contributed by atoms with Crippen LogP contribution in [0.4, 0.5) is 5.82 Å². The lowest BCUT2D eigenvalue weighted by Crippen LogP contribution is -2.43. The van der Waals surface area contributed by atoms with E-state index in [2.05, 4.69) is 27.3 Å². The Bertz CT molecular complexity index is 627. The van der Waals surface area contributed by atoms with Gasteiger partial charge in [-0.3, -0.25) is 4.79 Å². The van der Waals surface area contributed by atoms with Gasteiger partial charge in [0.25, 0.3) is 0 Å². The highest BCUT2D eigenvalue weighted by Crippen LogP contribution is 2.25. The van der Waals surface area contributed by atoms with Gasteiger partial charge in [-0.2, -0.15) is 0 Å². The average molecular weight is 330 g/mol. The third kappa shape index (κ3) is 3.88. The smallest absolute Gasteiger partial charge is 0.224 e. The van der Waals surface area contributed by atoms with Crippen molar-refractivity contribution in [2.45, 2.75) is 26.2 Å². The summed E-state index contributed by atoms with van der Waals surface area (Å²) in [5.41, 5.74) is 0.901. The lowest BCUT2D eigenvalue weighted by Gasteiger charge is -2.32. The van der Waals surface area contributed by atoms with Crippen LogP contribution in [0.5, 0.6) is 0 Å². The maximum atomic E-state index is 12.2. The number of rotatable bonds is 5. The zero-order valence-corrected chi connectivity index (χ0v) is 14.2. The zero-order valence-electron chi connectivity index (χ0n) is 13.4. The van der Waals surface area contributed by atoms with Crippen molar-refractivity contribution in [2.75, 3.05) is 24.5 Å². The van der Waals surface area contributed by atoms with Gasteiger partial charge in [-0.25, -0.2) is 0 Å². The van der Waals surface area contributed by atoms with Gasteiger partial charge in [0, 0.05) is 19.6 Å². The van der Waals surface area contributed by atoms with Gasteiger partial charge < -0.3 is 10.2 Å². The van der Waals surface area contributed by atoms with Crippen LogP contribution in [0.3, 0.4) is 0 Å². The van der Waals surface area contributed by atoms with Crippen molar-refractivity contribution in [3.63, 3.8) is 0 Å². The van der Waals surface area contributed by atoms with Crippen molar-refractivity contribution in [3.05, 3.63) is 29.6 Å². The van der Waals surface area contributed by atoms with E-state index in [1.165, 1.54) is 0 Å². The number of amides is 1. The third-order valence-corrected chi connectivity index (χ3v) is 4.98. The maximum Gasteiger partial charge on any atom is 0.224 e. The second kappa shape index (κ2) is 7.55. The quantitative estimate of drug-likeness (QED) is 0.916. The number of thiophene rings is 1. The maximum absolute atomic E-state index is 12.2. The first kappa shape index (κ1) is 15.9. The normalized spacial score (nSPS) is 18.0. The summed E-state index contributed by atoms with van der Waals surface area (Å²) in [6.07, 6.45) is 2.93. The summed E-state index contributed by atoms with van der Waals surface area (Å²) in [4.78, 5) is 15.5. The zero-order chi connectivity index (χ0) is 16.1. The van der Waals surface area contributed by atoms with E-state index in [0.717, 1.165) is 55.3 Å². The molecule has 122 valence electrons. The number of nitrogens with one attached hydrogen (secondary N) is 1. The fourth-order valence-corrected chi connectivity index (χ4v) is 3.53. The van der Waals surface area contributed by atoms with Crippen LogP contribution < -0.4 is 10.2 Å². The molecule has 1 amide bonds. The predicted molar refractivity (Wildman–Crippen MR) is 93.6 cm³/mol.